The Morgan fingerprint density at radius 1 is 1.25 bits per heavy atom. The maximum atomic E-state index is 13.6. The quantitative estimate of drug-likeness (QED) is 0.816. The van der Waals surface area contributed by atoms with Gasteiger partial charge in [-0.25, -0.2) is 14.4 Å². The van der Waals surface area contributed by atoms with Gasteiger partial charge in [0, 0.05) is 5.56 Å². The third-order valence-electron chi connectivity index (χ3n) is 2.72. The summed E-state index contributed by atoms with van der Waals surface area (Å²) in [6.45, 7) is 4.20. The third kappa shape index (κ3) is 3.35. The van der Waals surface area contributed by atoms with Gasteiger partial charge in [0.1, 0.15) is 11.6 Å². The molecule has 1 aromatic heterocycles. The fourth-order valence-electron chi connectivity index (χ4n) is 1.80. The number of hydrogen-bond acceptors (Lipinski definition) is 3. The molecule has 0 unspecified atom stereocenters. The van der Waals surface area contributed by atoms with Crippen LogP contribution in [0, 0.1) is 11.7 Å². The van der Waals surface area contributed by atoms with Gasteiger partial charge >= 0.3 is 0 Å². The van der Waals surface area contributed by atoms with Gasteiger partial charge in [-0.2, -0.15) is 0 Å². The molecule has 0 aliphatic rings. The SMILES string of the molecule is CC(C)Cc1nc(-c2ccc(Br)c(F)c2)nc(N)c1Br. The van der Waals surface area contributed by atoms with E-state index in [2.05, 4.69) is 55.7 Å². The molecule has 0 spiro atoms. The molecule has 0 fully saturated rings. The lowest BCUT2D eigenvalue weighted by Crippen LogP contribution is -2.05. The Hall–Kier alpha value is -1.01. The van der Waals surface area contributed by atoms with Crippen molar-refractivity contribution in [1.29, 1.82) is 0 Å². The summed E-state index contributed by atoms with van der Waals surface area (Å²) in [6, 6.07) is 4.79. The summed E-state index contributed by atoms with van der Waals surface area (Å²) in [5.74, 6) is 0.898. The van der Waals surface area contributed by atoms with Gasteiger partial charge in [0.25, 0.3) is 0 Å². The average molecular weight is 403 g/mol. The maximum absolute atomic E-state index is 13.6. The molecule has 0 amide bonds. The van der Waals surface area contributed by atoms with Crippen LogP contribution in [0.5, 0.6) is 0 Å². The second-order valence-corrected chi connectivity index (χ2v) is 6.57. The molecule has 0 aliphatic heterocycles. The Morgan fingerprint density at radius 3 is 2.55 bits per heavy atom. The highest BCUT2D eigenvalue weighted by molar-refractivity contribution is 9.11. The Morgan fingerprint density at radius 2 is 1.95 bits per heavy atom. The molecule has 2 rings (SSSR count). The number of nitrogens with two attached hydrogens (primary N) is 1. The molecule has 1 aromatic carbocycles. The minimum Gasteiger partial charge on any atom is -0.383 e. The van der Waals surface area contributed by atoms with E-state index in [1.807, 2.05) is 0 Å². The topological polar surface area (TPSA) is 51.8 Å². The van der Waals surface area contributed by atoms with Crippen molar-refractivity contribution < 1.29 is 4.39 Å². The number of benzene rings is 1. The van der Waals surface area contributed by atoms with Crippen molar-refractivity contribution in [2.75, 3.05) is 5.73 Å². The highest BCUT2D eigenvalue weighted by atomic mass is 79.9. The van der Waals surface area contributed by atoms with Gasteiger partial charge in [-0.1, -0.05) is 13.8 Å². The van der Waals surface area contributed by atoms with Crippen LogP contribution in [0.2, 0.25) is 0 Å². The predicted octanol–water partition coefficient (Wildman–Crippen LogP) is 4.59. The fraction of sp³-hybridized carbons (Fsp3) is 0.286. The van der Waals surface area contributed by atoms with Gasteiger partial charge in [0.2, 0.25) is 0 Å². The highest BCUT2D eigenvalue weighted by Gasteiger charge is 2.13. The number of anilines is 1. The summed E-state index contributed by atoms with van der Waals surface area (Å²) in [5.41, 5.74) is 7.35. The van der Waals surface area contributed by atoms with Gasteiger partial charge in [0.05, 0.1) is 14.6 Å². The lowest BCUT2D eigenvalue weighted by Gasteiger charge is -2.11. The molecule has 6 heteroatoms. The Bertz CT molecular complexity index is 645. The Kier molecular flexibility index (Phi) is 4.75. The van der Waals surface area contributed by atoms with Crippen molar-refractivity contribution in [1.82, 2.24) is 9.97 Å². The summed E-state index contributed by atoms with van der Waals surface area (Å²) in [7, 11) is 0. The standard InChI is InChI=1S/C14H14Br2FN3/c1-7(2)5-11-12(16)13(18)20-14(19-11)8-3-4-9(15)10(17)6-8/h3-4,6-7H,5H2,1-2H3,(H2,18,19,20). The summed E-state index contributed by atoms with van der Waals surface area (Å²) in [6.07, 6.45) is 0.777. The number of hydrogen-bond donors (Lipinski definition) is 1. The number of halogens is 3. The normalized spacial score (nSPS) is 11.1. The van der Waals surface area contributed by atoms with Crippen molar-refractivity contribution in [3.8, 4) is 11.4 Å². The molecule has 20 heavy (non-hydrogen) atoms. The molecule has 106 valence electrons. The molecule has 0 aliphatic carbocycles. The predicted molar refractivity (Wildman–Crippen MR) is 85.8 cm³/mol. The number of rotatable bonds is 3. The van der Waals surface area contributed by atoms with Crippen molar-refractivity contribution in [3.05, 3.63) is 38.7 Å². The van der Waals surface area contributed by atoms with Crippen LogP contribution < -0.4 is 5.73 Å². The lowest BCUT2D eigenvalue weighted by molar-refractivity contribution is 0.621. The Balaban J connectivity index is 2.51. The second-order valence-electron chi connectivity index (χ2n) is 4.92. The van der Waals surface area contributed by atoms with Crippen LogP contribution in [0.3, 0.4) is 0 Å². The minimum absolute atomic E-state index is 0.349. The second kappa shape index (κ2) is 6.18. The van der Waals surface area contributed by atoms with E-state index in [4.69, 9.17) is 5.73 Å². The first-order valence-corrected chi connectivity index (χ1v) is 7.74. The smallest absolute Gasteiger partial charge is 0.161 e. The molecule has 0 radical (unpaired) electrons. The van der Waals surface area contributed by atoms with Crippen LogP contribution in [0.1, 0.15) is 19.5 Å². The van der Waals surface area contributed by atoms with E-state index in [0.29, 0.717) is 32.1 Å². The van der Waals surface area contributed by atoms with Crippen LogP contribution in [0.25, 0.3) is 11.4 Å². The van der Waals surface area contributed by atoms with Crippen molar-refractivity contribution in [2.45, 2.75) is 20.3 Å². The van der Waals surface area contributed by atoms with Gasteiger partial charge in [-0.05, 0) is 62.4 Å². The summed E-state index contributed by atoms with van der Waals surface area (Å²) in [4.78, 5) is 8.71. The zero-order chi connectivity index (χ0) is 14.9. The molecule has 2 N–H and O–H groups in total. The average Bonchev–Trinajstić information content (AvgIpc) is 2.37. The van der Waals surface area contributed by atoms with Crippen LogP contribution in [0.4, 0.5) is 10.2 Å². The van der Waals surface area contributed by atoms with E-state index in [-0.39, 0.29) is 5.82 Å². The van der Waals surface area contributed by atoms with Gasteiger partial charge < -0.3 is 5.73 Å². The van der Waals surface area contributed by atoms with E-state index in [9.17, 15) is 4.39 Å². The van der Waals surface area contributed by atoms with Crippen molar-refractivity contribution in [2.24, 2.45) is 5.92 Å². The van der Waals surface area contributed by atoms with Crippen LogP contribution in [0.15, 0.2) is 27.1 Å². The van der Waals surface area contributed by atoms with Crippen LogP contribution in [-0.4, -0.2) is 9.97 Å². The molecule has 3 nitrogen and oxygen atoms in total. The van der Waals surface area contributed by atoms with Crippen LogP contribution in [-0.2, 0) is 6.42 Å². The van der Waals surface area contributed by atoms with E-state index < -0.39 is 0 Å². The zero-order valence-corrected chi connectivity index (χ0v) is 14.3. The highest BCUT2D eigenvalue weighted by Crippen LogP contribution is 2.28. The molecule has 1 heterocycles. The fourth-order valence-corrected chi connectivity index (χ4v) is 2.39. The first kappa shape index (κ1) is 15.4. The first-order valence-electron chi connectivity index (χ1n) is 6.15. The summed E-state index contributed by atoms with van der Waals surface area (Å²) < 4.78 is 14.7. The van der Waals surface area contributed by atoms with Crippen molar-refractivity contribution >= 4 is 37.7 Å². The minimum atomic E-state index is -0.349. The van der Waals surface area contributed by atoms with Crippen molar-refractivity contribution in [3.63, 3.8) is 0 Å². The largest absolute Gasteiger partial charge is 0.383 e. The monoisotopic (exact) mass is 401 g/mol. The third-order valence-corrected chi connectivity index (χ3v) is 4.23. The lowest BCUT2D eigenvalue weighted by atomic mass is 10.1. The zero-order valence-electron chi connectivity index (χ0n) is 11.1. The number of aromatic nitrogens is 2. The van der Waals surface area contributed by atoms with E-state index in [1.54, 1.807) is 12.1 Å². The number of nitrogens with zero attached hydrogens (tertiary/aromatic N) is 2. The Labute approximate surface area is 134 Å². The van der Waals surface area contributed by atoms with E-state index in [0.717, 1.165) is 12.1 Å². The molecular formula is C14H14Br2FN3. The maximum Gasteiger partial charge on any atom is 0.161 e. The number of nitrogen functional groups attached to an aromatic ring is 1. The first-order chi connectivity index (χ1) is 9.38. The van der Waals surface area contributed by atoms with E-state index in [1.165, 1.54) is 6.07 Å². The van der Waals surface area contributed by atoms with E-state index >= 15 is 0 Å². The molecular weight excluding hydrogens is 389 g/mol. The molecule has 0 bridgehead atoms. The summed E-state index contributed by atoms with van der Waals surface area (Å²) in [5, 5.41) is 0. The molecule has 0 atom stereocenters. The molecule has 0 saturated heterocycles. The van der Waals surface area contributed by atoms with Crippen LogP contribution >= 0.6 is 31.9 Å². The van der Waals surface area contributed by atoms with Gasteiger partial charge in [-0.15, -0.1) is 0 Å². The molecule has 0 saturated carbocycles. The van der Waals surface area contributed by atoms with Gasteiger partial charge in [0.15, 0.2) is 5.82 Å². The summed E-state index contributed by atoms with van der Waals surface area (Å²) >= 11 is 6.54. The molecule has 2 aromatic rings. The van der Waals surface area contributed by atoms with Gasteiger partial charge in [-0.3, -0.25) is 0 Å².